The molecule has 4 aromatic rings. The highest BCUT2D eigenvalue weighted by Gasteiger charge is 2.59. The minimum absolute atomic E-state index is 0.141. The molecule has 202 valence electrons. The Hall–Kier alpha value is -2.97. The summed E-state index contributed by atoms with van der Waals surface area (Å²) in [5.41, 5.74) is 3.54. The molecule has 1 saturated heterocycles. The number of nitrogens with zero attached hydrogens (tertiary/aromatic N) is 1. The van der Waals surface area contributed by atoms with Crippen molar-refractivity contribution >= 4 is 7.52 Å². The fourth-order valence-electron chi connectivity index (χ4n) is 6.34. The first kappa shape index (κ1) is 27.6. The van der Waals surface area contributed by atoms with Gasteiger partial charge in [-0.2, -0.15) is 0 Å². The zero-order valence-corrected chi connectivity index (χ0v) is 24.2. The summed E-state index contributed by atoms with van der Waals surface area (Å²) in [6.45, 7) is 6.64. The van der Waals surface area contributed by atoms with Crippen molar-refractivity contribution in [3.05, 3.63) is 144 Å². The smallest absolute Gasteiger partial charge is 0.274 e. The van der Waals surface area contributed by atoms with Gasteiger partial charge in [0.05, 0.1) is 0 Å². The van der Waals surface area contributed by atoms with E-state index in [-0.39, 0.29) is 18.1 Å². The molecule has 1 fully saturated rings. The minimum Gasteiger partial charge on any atom is -0.307 e. The molecule has 0 amide bonds. The first-order chi connectivity index (χ1) is 19.0. The fraction of sp³-hybridized carbons (Fsp3) is 0.314. The number of unbranched alkanes of at least 4 members (excludes halogenated alkanes) is 1. The minimum atomic E-state index is -3.34. The summed E-state index contributed by atoms with van der Waals surface area (Å²) in [5.74, 6) is 0.278. The van der Waals surface area contributed by atoms with Crippen LogP contribution in [0.3, 0.4) is 0 Å². The SMILES string of the molecule is CCCC[C@@H](C)CP1(=O)O[C@H](c2ccccc2)[C@H](C)N1C(c1ccccc1)(c1ccccc1)c1ccccc1. The number of rotatable bonds is 10. The zero-order chi connectivity index (χ0) is 27.3. The molecule has 4 atom stereocenters. The van der Waals surface area contributed by atoms with Gasteiger partial charge in [0.25, 0.3) is 7.52 Å². The Kier molecular flexibility index (Phi) is 8.52. The Balaban J connectivity index is 1.79. The van der Waals surface area contributed by atoms with Gasteiger partial charge in [-0.15, -0.1) is 0 Å². The lowest BCUT2D eigenvalue weighted by Gasteiger charge is -2.47. The van der Waals surface area contributed by atoms with Gasteiger partial charge in [0, 0.05) is 12.2 Å². The third-order valence-corrected chi connectivity index (χ3v) is 11.0. The molecule has 0 aromatic heterocycles. The molecular weight excluding hydrogens is 497 g/mol. The van der Waals surface area contributed by atoms with Crippen LogP contribution in [0.15, 0.2) is 121 Å². The molecule has 5 rings (SSSR count). The average molecular weight is 538 g/mol. The van der Waals surface area contributed by atoms with Crippen molar-refractivity contribution < 1.29 is 9.09 Å². The largest absolute Gasteiger partial charge is 0.307 e. The summed E-state index contributed by atoms with van der Waals surface area (Å²) in [7, 11) is -3.34. The van der Waals surface area contributed by atoms with Crippen LogP contribution in [0.1, 0.15) is 68.4 Å². The van der Waals surface area contributed by atoms with E-state index in [1.807, 2.05) is 36.4 Å². The number of hydrogen-bond donors (Lipinski definition) is 0. The summed E-state index contributed by atoms with van der Waals surface area (Å²) >= 11 is 0. The maximum absolute atomic E-state index is 15.6. The van der Waals surface area contributed by atoms with Gasteiger partial charge in [0.2, 0.25) is 0 Å². The maximum atomic E-state index is 15.6. The molecular formula is C35H40NO2P. The predicted octanol–water partition coefficient (Wildman–Crippen LogP) is 9.46. The van der Waals surface area contributed by atoms with E-state index in [4.69, 9.17) is 4.52 Å². The second kappa shape index (κ2) is 12.0. The van der Waals surface area contributed by atoms with Crippen LogP contribution in [0.2, 0.25) is 0 Å². The third kappa shape index (κ3) is 5.29. The van der Waals surface area contributed by atoms with E-state index in [1.165, 1.54) is 0 Å². The summed E-state index contributed by atoms with van der Waals surface area (Å²) in [6, 6.07) is 41.9. The van der Waals surface area contributed by atoms with E-state index in [2.05, 4.69) is 110 Å². The molecule has 4 heteroatoms. The van der Waals surface area contributed by atoms with E-state index in [9.17, 15) is 0 Å². The number of benzene rings is 4. The summed E-state index contributed by atoms with van der Waals surface area (Å²) in [4.78, 5) is 0. The second-order valence-electron chi connectivity index (χ2n) is 10.9. The van der Waals surface area contributed by atoms with Crippen molar-refractivity contribution in [3.63, 3.8) is 0 Å². The van der Waals surface area contributed by atoms with Crippen LogP contribution in [0.5, 0.6) is 0 Å². The van der Waals surface area contributed by atoms with Gasteiger partial charge in [0.1, 0.15) is 11.6 Å². The Labute approximate surface area is 234 Å². The molecule has 0 bridgehead atoms. The second-order valence-corrected chi connectivity index (χ2v) is 13.2. The van der Waals surface area contributed by atoms with Crippen molar-refractivity contribution in [2.75, 3.05) is 6.16 Å². The van der Waals surface area contributed by atoms with Crippen molar-refractivity contribution in [1.29, 1.82) is 0 Å². The summed E-state index contributed by atoms with van der Waals surface area (Å²) in [6.07, 6.45) is 3.52. The molecule has 1 heterocycles. The molecule has 3 nitrogen and oxygen atoms in total. The zero-order valence-electron chi connectivity index (χ0n) is 23.3. The standard InChI is InChI=1S/C35H40NO2P/c1-4-5-18-28(2)27-39(37)36(29(3)34(38-39)30-19-10-6-11-20-30)35(31-21-12-7-13-22-31,32-23-14-8-15-24-32)33-25-16-9-17-26-33/h6-17,19-26,28-29,34H,4-5,18,27H2,1-3H3/t28-,29+,34+,39?/m1/s1. The molecule has 1 aliphatic rings. The molecule has 0 saturated carbocycles. The fourth-order valence-corrected chi connectivity index (χ4v) is 9.81. The van der Waals surface area contributed by atoms with E-state index in [0.29, 0.717) is 6.16 Å². The molecule has 4 aromatic carbocycles. The first-order valence-corrected chi connectivity index (χ1v) is 16.1. The molecule has 0 radical (unpaired) electrons. The number of hydrogen-bond acceptors (Lipinski definition) is 2. The lowest BCUT2D eigenvalue weighted by atomic mass is 9.76. The van der Waals surface area contributed by atoms with Crippen LogP contribution in [0.4, 0.5) is 0 Å². The highest BCUT2D eigenvalue weighted by molar-refractivity contribution is 7.56. The summed E-state index contributed by atoms with van der Waals surface area (Å²) < 4.78 is 24.7. The van der Waals surface area contributed by atoms with Gasteiger partial charge in [-0.3, -0.25) is 4.57 Å². The van der Waals surface area contributed by atoms with Crippen LogP contribution < -0.4 is 0 Å². The molecule has 0 N–H and O–H groups in total. The topological polar surface area (TPSA) is 29.5 Å². The summed E-state index contributed by atoms with van der Waals surface area (Å²) in [5, 5.41) is 0. The molecule has 1 aliphatic heterocycles. The normalized spacial score (nSPS) is 22.5. The van der Waals surface area contributed by atoms with Crippen LogP contribution >= 0.6 is 7.52 Å². The van der Waals surface area contributed by atoms with Gasteiger partial charge < -0.3 is 4.52 Å². The van der Waals surface area contributed by atoms with Gasteiger partial charge in [-0.05, 0) is 35.1 Å². The average Bonchev–Trinajstić information content (AvgIpc) is 3.24. The predicted molar refractivity (Wildman–Crippen MR) is 162 cm³/mol. The van der Waals surface area contributed by atoms with Crippen LogP contribution in [0.25, 0.3) is 0 Å². The molecule has 1 unspecified atom stereocenters. The van der Waals surface area contributed by atoms with Crippen molar-refractivity contribution in [2.24, 2.45) is 5.92 Å². The highest BCUT2D eigenvalue weighted by Crippen LogP contribution is 2.70. The first-order valence-electron chi connectivity index (χ1n) is 14.3. The van der Waals surface area contributed by atoms with Gasteiger partial charge in [-0.1, -0.05) is 154 Å². The monoisotopic (exact) mass is 537 g/mol. The quantitative estimate of drug-likeness (QED) is 0.149. The Morgan fingerprint density at radius 2 is 1.21 bits per heavy atom. The van der Waals surface area contributed by atoms with Crippen LogP contribution in [-0.2, 0) is 14.6 Å². The molecule has 39 heavy (non-hydrogen) atoms. The lowest BCUT2D eigenvalue weighted by molar-refractivity contribution is 0.177. The van der Waals surface area contributed by atoms with Crippen molar-refractivity contribution in [3.8, 4) is 0 Å². The van der Waals surface area contributed by atoms with Crippen LogP contribution in [-0.4, -0.2) is 16.9 Å². The van der Waals surface area contributed by atoms with E-state index < -0.39 is 13.1 Å². The Bertz CT molecular complexity index is 1260. The third-order valence-electron chi connectivity index (χ3n) is 8.07. The highest BCUT2D eigenvalue weighted by atomic mass is 31.2. The maximum Gasteiger partial charge on any atom is 0.274 e. The Morgan fingerprint density at radius 1 is 0.769 bits per heavy atom. The van der Waals surface area contributed by atoms with Gasteiger partial charge in [0.15, 0.2) is 0 Å². The van der Waals surface area contributed by atoms with E-state index in [1.54, 1.807) is 0 Å². The molecule has 0 spiro atoms. The Morgan fingerprint density at radius 3 is 1.64 bits per heavy atom. The van der Waals surface area contributed by atoms with Crippen molar-refractivity contribution in [2.45, 2.75) is 57.7 Å². The van der Waals surface area contributed by atoms with E-state index >= 15 is 4.57 Å². The van der Waals surface area contributed by atoms with E-state index in [0.717, 1.165) is 41.5 Å². The van der Waals surface area contributed by atoms with Gasteiger partial charge >= 0.3 is 0 Å². The van der Waals surface area contributed by atoms with Gasteiger partial charge in [-0.25, -0.2) is 4.67 Å². The molecule has 0 aliphatic carbocycles. The van der Waals surface area contributed by atoms with Crippen molar-refractivity contribution in [1.82, 2.24) is 4.67 Å². The van der Waals surface area contributed by atoms with Crippen LogP contribution in [0, 0.1) is 5.92 Å². The lowest BCUT2D eigenvalue weighted by Crippen LogP contribution is -2.49.